The maximum absolute atomic E-state index is 12.7. The first-order valence-electron chi connectivity index (χ1n) is 11.3. The van der Waals surface area contributed by atoms with E-state index in [0.717, 1.165) is 63.7 Å². The van der Waals surface area contributed by atoms with Gasteiger partial charge in [-0.05, 0) is 42.9 Å². The van der Waals surface area contributed by atoms with Crippen LogP contribution in [0.1, 0.15) is 49.4 Å². The summed E-state index contributed by atoms with van der Waals surface area (Å²) >= 11 is 6.52. The van der Waals surface area contributed by atoms with Crippen molar-refractivity contribution in [2.45, 2.75) is 45.1 Å². The van der Waals surface area contributed by atoms with Gasteiger partial charge < -0.3 is 15.1 Å². The maximum atomic E-state index is 12.7. The number of hydrogen-bond donors (Lipinski definition) is 1. The van der Waals surface area contributed by atoms with E-state index in [1.165, 1.54) is 25.9 Å². The zero-order valence-electron chi connectivity index (χ0n) is 17.9. The fourth-order valence-corrected chi connectivity index (χ4v) is 5.35. The summed E-state index contributed by atoms with van der Waals surface area (Å²) in [5, 5.41) is 3.99. The molecule has 160 valence electrons. The zero-order chi connectivity index (χ0) is 20.4. The largest absolute Gasteiger partial charge is 0.369 e. The molecule has 0 atom stereocenters. The van der Waals surface area contributed by atoms with Crippen molar-refractivity contribution in [1.29, 1.82) is 0 Å². The average Bonchev–Trinajstić information content (AvgIpc) is 2.66. The summed E-state index contributed by atoms with van der Waals surface area (Å²) in [6.07, 6.45) is 6.08. The SMILES string of the molecule is CCCCCN(C)C(=O)c1ccc(N2CCN(C3CC4(CNC4)C3)CC2)cc1Cl. The van der Waals surface area contributed by atoms with Crippen LogP contribution in [0.25, 0.3) is 0 Å². The van der Waals surface area contributed by atoms with Crippen LogP contribution in [-0.2, 0) is 0 Å². The van der Waals surface area contributed by atoms with Gasteiger partial charge in [-0.1, -0.05) is 31.4 Å². The van der Waals surface area contributed by atoms with Gasteiger partial charge in [0.15, 0.2) is 0 Å². The minimum atomic E-state index is 0.0202. The van der Waals surface area contributed by atoms with Crippen LogP contribution in [0.2, 0.25) is 5.02 Å². The summed E-state index contributed by atoms with van der Waals surface area (Å²) < 4.78 is 0. The molecule has 3 aliphatic rings. The molecule has 2 aliphatic heterocycles. The lowest BCUT2D eigenvalue weighted by molar-refractivity contribution is -0.0373. The molecular formula is C23H35ClN4O. The lowest BCUT2D eigenvalue weighted by Gasteiger charge is -2.58. The quantitative estimate of drug-likeness (QED) is 0.688. The van der Waals surface area contributed by atoms with E-state index < -0.39 is 0 Å². The van der Waals surface area contributed by atoms with Crippen LogP contribution < -0.4 is 10.2 Å². The van der Waals surface area contributed by atoms with Gasteiger partial charge in [-0.3, -0.25) is 9.69 Å². The van der Waals surface area contributed by atoms with Gasteiger partial charge in [0, 0.05) is 64.6 Å². The second kappa shape index (κ2) is 8.83. The van der Waals surface area contributed by atoms with Gasteiger partial charge in [0.1, 0.15) is 0 Å². The van der Waals surface area contributed by atoms with Crippen molar-refractivity contribution in [2.75, 3.05) is 57.8 Å². The molecule has 1 aromatic rings. The smallest absolute Gasteiger partial charge is 0.255 e. The molecule has 1 spiro atoms. The molecule has 3 fully saturated rings. The van der Waals surface area contributed by atoms with Gasteiger partial charge in [0.25, 0.3) is 5.91 Å². The number of benzene rings is 1. The molecule has 0 radical (unpaired) electrons. The molecule has 1 amide bonds. The molecule has 1 N–H and O–H groups in total. The van der Waals surface area contributed by atoms with Crippen molar-refractivity contribution in [1.82, 2.24) is 15.1 Å². The van der Waals surface area contributed by atoms with Crippen molar-refractivity contribution >= 4 is 23.2 Å². The van der Waals surface area contributed by atoms with Gasteiger partial charge >= 0.3 is 0 Å². The molecule has 1 aromatic carbocycles. The molecule has 2 saturated heterocycles. The fourth-order valence-electron chi connectivity index (χ4n) is 5.09. The topological polar surface area (TPSA) is 38.8 Å². The standard InChI is InChI=1S/C23H35ClN4O/c1-3-4-5-8-26(2)22(29)20-7-6-18(13-21(20)24)27-9-11-28(12-10-27)19-14-23(15-19)16-25-17-23/h6-7,13,19,25H,3-5,8-12,14-17H2,1-2H3. The Morgan fingerprint density at radius 1 is 1.21 bits per heavy atom. The molecule has 1 aliphatic carbocycles. The van der Waals surface area contributed by atoms with E-state index >= 15 is 0 Å². The van der Waals surface area contributed by atoms with Crippen molar-refractivity contribution < 1.29 is 4.79 Å². The Labute approximate surface area is 180 Å². The highest BCUT2D eigenvalue weighted by molar-refractivity contribution is 6.34. The van der Waals surface area contributed by atoms with Crippen molar-refractivity contribution in [2.24, 2.45) is 5.41 Å². The highest BCUT2D eigenvalue weighted by Gasteiger charge is 2.50. The average molecular weight is 419 g/mol. The minimum absolute atomic E-state index is 0.0202. The van der Waals surface area contributed by atoms with Crippen molar-refractivity contribution in [3.8, 4) is 0 Å². The molecule has 29 heavy (non-hydrogen) atoms. The Kier molecular flexibility index (Phi) is 6.38. The maximum Gasteiger partial charge on any atom is 0.255 e. The Hall–Kier alpha value is -1.30. The van der Waals surface area contributed by atoms with E-state index in [9.17, 15) is 4.79 Å². The highest BCUT2D eigenvalue weighted by Crippen LogP contribution is 2.46. The number of anilines is 1. The van der Waals surface area contributed by atoms with E-state index in [1.54, 1.807) is 4.90 Å². The number of amides is 1. The van der Waals surface area contributed by atoms with Gasteiger partial charge in [0.2, 0.25) is 0 Å². The van der Waals surface area contributed by atoms with Crippen LogP contribution in [0.15, 0.2) is 18.2 Å². The van der Waals surface area contributed by atoms with E-state index in [4.69, 9.17) is 11.6 Å². The van der Waals surface area contributed by atoms with Crippen LogP contribution in [0.5, 0.6) is 0 Å². The van der Waals surface area contributed by atoms with E-state index in [1.807, 2.05) is 19.2 Å². The predicted molar refractivity (Wildman–Crippen MR) is 120 cm³/mol. The van der Waals surface area contributed by atoms with Gasteiger partial charge in [-0.25, -0.2) is 0 Å². The summed E-state index contributed by atoms with van der Waals surface area (Å²) in [6, 6.07) is 6.73. The Morgan fingerprint density at radius 2 is 1.93 bits per heavy atom. The number of hydrogen-bond acceptors (Lipinski definition) is 4. The summed E-state index contributed by atoms with van der Waals surface area (Å²) in [5.74, 6) is 0.0202. The molecule has 6 heteroatoms. The van der Waals surface area contributed by atoms with Gasteiger partial charge in [-0.2, -0.15) is 0 Å². The first-order valence-corrected chi connectivity index (χ1v) is 11.6. The second-order valence-corrected chi connectivity index (χ2v) is 9.69. The van der Waals surface area contributed by atoms with Crippen LogP contribution in [0.3, 0.4) is 0 Å². The number of carbonyl (C=O) groups is 1. The third-order valence-electron chi connectivity index (χ3n) is 7.16. The number of nitrogens with zero attached hydrogens (tertiary/aromatic N) is 3. The molecule has 0 aromatic heterocycles. The molecule has 4 rings (SSSR count). The first kappa shape index (κ1) is 21.0. The highest BCUT2D eigenvalue weighted by atomic mass is 35.5. The predicted octanol–water partition coefficient (Wildman–Crippen LogP) is 3.48. The fraction of sp³-hybridized carbons (Fsp3) is 0.696. The van der Waals surface area contributed by atoms with Crippen LogP contribution >= 0.6 is 11.6 Å². The van der Waals surface area contributed by atoms with E-state index in [2.05, 4.69) is 28.1 Å². The Morgan fingerprint density at radius 3 is 2.52 bits per heavy atom. The molecule has 0 unspecified atom stereocenters. The number of piperazine rings is 1. The van der Waals surface area contributed by atoms with Crippen LogP contribution in [-0.4, -0.2) is 74.6 Å². The third kappa shape index (κ3) is 4.42. The van der Waals surface area contributed by atoms with Crippen LogP contribution in [0.4, 0.5) is 5.69 Å². The number of carbonyl (C=O) groups excluding carboxylic acids is 1. The lowest BCUT2D eigenvalue weighted by Crippen LogP contribution is -2.66. The second-order valence-electron chi connectivity index (χ2n) is 9.29. The zero-order valence-corrected chi connectivity index (χ0v) is 18.7. The monoisotopic (exact) mass is 418 g/mol. The number of nitrogens with one attached hydrogen (secondary N) is 1. The number of halogens is 1. The van der Waals surface area contributed by atoms with E-state index in [-0.39, 0.29) is 5.91 Å². The first-order chi connectivity index (χ1) is 14.0. The molecule has 5 nitrogen and oxygen atoms in total. The summed E-state index contributed by atoms with van der Waals surface area (Å²) in [5.41, 5.74) is 2.39. The summed E-state index contributed by atoms with van der Waals surface area (Å²) in [4.78, 5) is 19.6. The van der Waals surface area contributed by atoms with Gasteiger partial charge in [0.05, 0.1) is 10.6 Å². The lowest BCUT2D eigenvalue weighted by atomic mass is 9.61. The Bertz CT molecular complexity index is 720. The Balaban J connectivity index is 1.29. The third-order valence-corrected chi connectivity index (χ3v) is 7.47. The van der Waals surface area contributed by atoms with E-state index in [0.29, 0.717) is 16.0 Å². The molecule has 0 bridgehead atoms. The normalized spacial score (nSPS) is 21.7. The summed E-state index contributed by atoms with van der Waals surface area (Å²) in [7, 11) is 1.87. The van der Waals surface area contributed by atoms with Crippen molar-refractivity contribution in [3.63, 3.8) is 0 Å². The van der Waals surface area contributed by atoms with Crippen molar-refractivity contribution in [3.05, 3.63) is 28.8 Å². The number of rotatable bonds is 7. The summed E-state index contributed by atoms with van der Waals surface area (Å²) in [6.45, 7) is 9.70. The van der Waals surface area contributed by atoms with Gasteiger partial charge in [-0.15, -0.1) is 0 Å². The minimum Gasteiger partial charge on any atom is -0.369 e. The molecule has 2 heterocycles. The molecular weight excluding hydrogens is 384 g/mol. The molecule has 1 saturated carbocycles. The number of unbranched alkanes of at least 4 members (excludes halogenated alkanes) is 2. The van der Waals surface area contributed by atoms with Crippen LogP contribution in [0, 0.1) is 5.41 Å².